The number of benzene rings is 2. The smallest absolute Gasteiger partial charge is 0.120 e. The van der Waals surface area contributed by atoms with Crippen molar-refractivity contribution in [3.8, 4) is 5.75 Å². The van der Waals surface area contributed by atoms with E-state index in [2.05, 4.69) is 15.9 Å². The molecule has 0 bridgehead atoms. The van der Waals surface area contributed by atoms with Gasteiger partial charge in [-0.05, 0) is 30.2 Å². The summed E-state index contributed by atoms with van der Waals surface area (Å²) in [5, 5.41) is -0.156. The average Bonchev–Trinajstić information content (AvgIpc) is 2.40. The summed E-state index contributed by atoms with van der Waals surface area (Å²) in [6.07, 6.45) is 0. The lowest BCUT2D eigenvalue weighted by molar-refractivity contribution is 0.340. The molecule has 0 radical (unpaired) electrons. The first kappa shape index (κ1) is 13.4. The van der Waals surface area contributed by atoms with E-state index in [4.69, 9.17) is 16.3 Å². The molecule has 0 N–H and O–H groups in total. The van der Waals surface area contributed by atoms with Gasteiger partial charge in [0.25, 0.3) is 0 Å². The van der Waals surface area contributed by atoms with E-state index in [1.165, 1.54) is 0 Å². The Hall–Kier alpha value is -0.990. The molecule has 0 aromatic heterocycles. The number of hydrogen-bond acceptors (Lipinski definition) is 1. The van der Waals surface area contributed by atoms with E-state index in [9.17, 15) is 0 Å². The van der Waals surface area contributed by atoms with Crippen molar-refractivity contribution in [2.24, 2.45) is 0 Å². The maximum Gasteiger partial charge on any atom is 0.120 e. The molecule has 0 spiro atoms. The van der Waals surface area contributed by atoms with Gasteiger partial charge in [-0.25, -0.2) is 0 Å². The first-order valence-electron chi connectivity index (χ1n) is 5.83. The Kier molecular flexibility index (Phi) is 4.67. The zero-order valence-corrected chi connectivity index (χ0v) is 12.4. The molecule has 1 unspecified atom stereocenters. The lowest BCUT2D eigenvalue weighted by atomic mass is 10.0. The van der Waals surface area contributed by atoms with Crippen LogP contribution in [-0.4, -0.2) is 6.61 Å². The summed E-state index contributed by atoms with van der Waals surface area (Å²) in [4.78, 5) is 0. The van der Waals surface area contributed by atoms with Gasteiger partial charge in [0, 0.05) is 4.47 Å². The van der Waals surface area contributed by atoms with E-state index in [0.717, 1.165) is 21.3 Å². The minimum absolute atomic E-state index is 0.156. The van der Waals surface area contributed by atoms with Gasteiger partial charge in [0.15, 0.2) is 0 Å². The van der Waals surface area contributed by atoms with Crippen molar-refractivity contribution in [1.82, 2.24) is 0 Å². The molecule has 1 atom stereocenters. The van der Waals surface area contributed by atoms with Crippen LogP contribution in [-0.2, 0) is 0 Å². The molecule has 0 saturated heterocycles. The average molecular weight is 326 g/mol. The highest BCUT2D eigenvalue weighted by Gasteiger charge is 2.14. The fourth-order valence-corrected chi connectivity index (χ4v) is 2.83. The Morgan fingerprint density at radius 2 is 1.89 bits per heavy atom. The lowest BCUT2D eigenvalue weighted by Gasteiger charge is -2.13. The van der Waals surface area contributed by atoms with Gasteiger partial charge in [0.05, 0.1) is 12.0 Å². The Morgan fingerprint density at radius 1 is 1.17 bits per heavy atom. The van der Waals surface area contributed by atoms with Crippen LogP contribution in [0.2, 0.25) is 0 Å². The third-order valence-corrected chi connectivity index (χ3v) is 3.82. The highest BCUT2D eigenvalue weighted by Crippen LogP contribution is 2.35. The summed E-state index contributed by atoms with van der Waals surface area (Å²) in [7, 11) is 0. The summed E-state index contributed by atoms with van der Waals surface area (Å²) in [5.41, 5.74) is 2.13. The maximum absolute atomic E-state index is 6.50. The highest BCUT2D eigenvalue weighted by atomic mass is 79.9. The van der Waals surface area contributed by atoms with Gasteiger partial charge in [0.2, 0.25) is 0 Å². The number of hydrogen-bond donors (Lipinski definition) is 0. The van der Waals surface area contributed by atoms with Crippen LogP contribution < -0.4 is 4.74 Å². The molecule has 0 amide bonds. The SMILES string of the molecule is CCOc1ccc(C(Cl)c2ccccc2)c(Br)c1. The van der Waals surface area contributed by atoms with Crippen LogP contribution in [0, 0.1) is 0 Å². The van der Waals surface area contributed by atoms with Crippen molar-refractivity contribution in [2.45, 2.75) is 12.3 Å². The molecule has 1 nitrogen and oxygen atoms in total. The molecule has 0 aliphatic heterocycles. The van der Waals surface area contributed by atoms with Crippen molar-refractivity contribution in [2.75, 3.05) is 6.61 Å². The number of rotatable bonds is 4. The van der Waals surface area contributed by atoms with Crippen LogP contribution in [0.5, 0.6) is 5.75 Å². The Morgan fingerprint density at radius 3 is 2.50 bits per heavy atom. The van der Waals surface area contributed by atoms with Crippen molar-refractivity contribution in [3.63, 3.8) is 0 Å². The van der Waals surface area contributed by atoms with Crippen LogP contribution in [0.3, 0.4) is 0 Å². The Labute approximate surface area is 121 Å². The molecule has 0 saturated carbocycles. The van der Waals surface area contributed by atoms with Gasteiger partial charge in [0.1, 0.15) is 5.75 Å². The summed E-state index contributed by atoms with van der Waals surface area (Å²) >= 11 is 10.0. The zero-order chi connectivity index (χ0) is 13.0. The van der Waals surface area contributed by atoms with E-state index >= 15 is 0 Å². The van der Waals surface area contributed by atoms with Crippen molar-refractivity contribution in [1.29, 1.82) is 0 Å². The third-order valence-electron chi connectivity index (χ3n) is 2.65. The predicted molar refractivity (Wildman–Crippen MR) is 79.4 cm³/mol. The molecule has 2 aromatic rings. The molecule has 0 heterocycles. The standard InChI is InChI=1S/C15H14BrClO/c1-2-18-12-8-9-13(14(16)10-12)15(17)11-6-4-3-5-7-11/h3-10,15H,2H2,1H3. The summed E-state index contributed by atoms with van der Waals surface area (Å²) in [5.74, 6) is 0.852. The van der Waals surface area contributed by atoms with Crippen LogP contribution in [0.25, 0.3) is 0 Å². The van der Waals surface area contributed by atoms with Crippen LogP contribution in [0.4, 0.5) is 0 Å². The largest absolute Gasteiger partial charge is 0.494 e. The van der Waals surface area contributed by atoms with E-state index in [0.29, 0.717) is 6.61 Å². The van der Waals surface area contributed by atoms with E-state index < -0.39 is 0 Å². The van der Waals surface area contributed by atoms with Crippen molar-refractivity contribution in [3.05, 3.63) is 64.1 Å². The summed E-state index contributed by atoms with van der Waals surface area (Å²) in [6, 6.07) is 15.9. The second-order valence-corrected chi connectivity index (χ2v) is 5.18. The third kappa shape index (κ3) is 3.06. The van der Waals surface area contributed by atoms with Crippen LogP contribution >= 0.6 is 27.5 Å². The van der Waals surface area contributed by atoms with Gasteiger partial charge in [-0.3, -0.25) is 0 Å². The Balaban J connectivity index is 2.28. The molecule has 2 aromatic carbocycles. The second-order valence-electron chi connectivity index (χ2n) is 3.89. The van der Waals surface area contributed by atoms with Gasteiger partial charge >= 0.3 is 0 Å². The molecule has 0 aliphatic rings. The van der Waals surface area contributed by atoms with E-state index in [1.807, 2.05) is 55.5 Å². The molecule has 0 aliphatic carbocycles. The quantitative estimate of drug-likeness (QED) is 0.704. The van der Waals surface area contributed by atoms with Crippen molar-refractivity contribution >= 4 is 27.5 Å². The number of halogens is 2. The minimum atomic E-state index is -0.156. The molecule has 18 heavy (non-hydrogen) atoms. The van der Waals surface area contributed by atoms with Crippen LogP contribution in [0.1, 0.15) is 23.4 Å². The topological polar surface area (TPSA) is 9.23 Å². The van der Waals surface area contributed by atoms with Gasteiger partial charge in [-0.15, -0.1) is 11.6 Å². The molecule has 94 valence electrons. The fraction of sp³-hybridized carbons (Fsp3) is 0.200. The zero-order valence-electron chi connectivity index (χ0n) is 10.1. The molecule has 0 fully saturated rings. The monoisotopic (exact) mass is 324 g/mol. The first-order chi connectivity index (χ1) is 8.72. The van der Waals surface area contributed by atoms with Gasteiger partial charge < -0.3 is 4.74 Å². The second kappa shape index (κ2) is 6.26. The van der Waals surface area contributed by atoms with Gasteiger partial charge in [-0.1, -0.05) is 52.3 Å². The molecule has 3 heteroatoms. The lowest BCUT2D eigenvalue weighted by Crippen LogP contribution is -1.96. The Bertz CT molecular complexity index is 513. The van der Waals surface area contributed by atoms with E-state index in [1.54, 1.807) is 0 Å². The minimum Gasteiger partial charge on any atom is -0.494 e. The van der Waals surface area contributed by atoms with Crippen LogP contribution in [0.15, 0.2) is 53.0 Å². The summed E-state index contributed by atoms with van der Waals surface area (Å²) in [6.45, 7) is 2.63. The predicted octanol–water partition coefficient (Wildman–Crippen LogP) is 5.18. The molecular formula is C15H14BrClO. The van der Waals surface area contributed by atoms with Gasteiger partial charge in [-0.2, -0.15) is 0 Å². The number of alkyl halides is 1. The first-order valence-corrected chi connectivity index (χ1v) is 7.06. The number of ether oxygens (including phenoxy) is 1. The maximum atomic E-state index is 6.50. The summed E-state index contributed by atoms with van der Waals surface area (Å²) < 4.78 is 6.42. The normalized spacial score (nSPS) is 12.2. The fourth-order valence-electron chi connectivity index (χ4n) is 1.77. The van der Waals surface area contributed by atoms with Crippen molar-refractivity contribution < 1.29 is 4.74 Å². The molecular weight excluding hydrogens is 312 g/mol. The molecule has 2 rings (SSSR count). The van der Waals surface area contributed by atoms with E-state index in [-0.39, 0.29) is 5.38 Å². The highest BCUT2D eigenvalue weighted by molar-refractivity contribution is 9.10.